The van der Waals surface area contributed by atoms with Gasteiger partial charge in [-0.25, -0.2) is 9.78 Å². The maximum atomic E-state index is 12.6. The fraction of sp³-hybridized carbons (Fsp3) is 0.176. The van der Waals surface area contributed by atoms with Crippen molar-refractivity contribution in [2.24, 2.45) is 0 Å². The molecule has 7 nitrogen and oxygen atoms in total. The number of aromatic amines is 1. The summed E-state index contributed by atoms with van der Waals surface area (Å²) in [6.07, 6.45) is 0. The number of hydrogen-bond acceptors (Lipinski definition) is 6. The Balaban J connectivity index is 1.80. The van der Waals surface area contributed by atoms with E-state index in [-0.39, 0.29) is 0 Å². The Bertz CT molecular complexity index is 864. The second-order valence-corrected chi connectivity index (χ2v) is 7.22. The summed E-state index contributed by atoms with van der Waals surface area (Å²) in [5.41, 5.74) is 0.766. The van der Waals surface area contributed by atoms with E-state index in [4.69, 9.17) is 0 Å². The van der Waals surface area contributed by atoms with E-state index < -0.39 is 17.2 Å². The molecule has 1 atom stereocenters. The number of thiophene rings is 1. The first kappa shape index (κ1) is 18.2. The summed E-state index contributed by atoms with van der Waals surface area (Å²) in [4.78, 5) is 29.7. The summed E-state index contributed by atoms with van der Waals surface area (Å²) in [5, 5.41) is 13.7. The zero-order valence-corrected chi connectivity index (χ0v) is 15.6. The van der Waals surface area contributed by atoms with E-state index in [1.165, 1.54) is 11.8 Å². The van der Waals surface area contributed by atoms with Gasteiger partial charge in [0.05, 0.1) is 4.88 Å². The maximum absolute atomic E-state index is 12.6. The second-order valence-electron chi connectivity index (χ2n) is 5.20. The minimum Gasteiger partial charge on any atom is -0.338 e. The number of rotatable bonds is 6. The van der Waals surface area contributed by atoms with Crippen LogP contribution >= 0.6 is 23.1 Å². The van der Waals surface area contributed by atoms with Crippen LogP contribution in [0.15, 0.2) is 53.0 Å². The van der Waals surface area contributed by atoms with Gasteiger partial charge in [0.25, 0.3) is 0 Å². The van der Waals surface area contributed by atoms with Gasteiger partial charge in [0.15, 0.2) is 5.82 Å². The molecule has 0 aliphatic rings. The van der Waals surface area contributed by atoms with E-state index in [2.05, 4.69) is 25.8 Å². The molecular formula is C17H17N5O2S2. The first-order chi connectivity index (χ1) is 12.7. The predicted octanol–water partition coefficient (Wildman–Crippen LogP) is 3.21. The van der Waals surface area contributed by atoms with Crippen LogP contribution in [0.5, 0.6) is 0 Å². The lowest BCUT2D eigenvalue weighted by molar-refractivity contribution is -0.119. The lowest BCUT2D eigenvalue weighted by Gasteiger charge is -2.14. The quantitative estimate of drug-likeness (QED) is 0.564. The van der Waals surface area contributed by atoms with Crippen molar-refractivity contribution in [3.05, 3.63) is 53.4 Å². The molecule has 0 bridgehead atoms. The average molecular weight is 387 g/mol. The van der Waals surface area contributed by atoms with E-state index in [9.17, 15) is 9.59 Å². The van der Waals surface area contributed by atoms with Crippen LogP contribution in [0.1, 0.15) is 17.7 Å². The number of nitrogens with zero attached hydrogens (tertiary/aromatic N) is 2. The molecule has 0 saturated carbocycles. The molecule has 3 aromatic rings. The number of imide groups is 1. The minimum atomic E-state index is -0.647. The highest BCUT2D eigenvalue weighted by molar-refractivity contribution is 8.00. The van der Waals surface area contributed by atoms with Crippen LogP contribution in [-0.4, -0.2) is 33.7 Å². The molecule has 2 heterocycles. The Morgan fingerprint density at radius 1 is 1.23 bits per heavy atom. The van der Waals surface area contributed by atoms with E-state index in [1.54, 1.807) is 18.3 Å². The fourth-order valence-electron chi connectivity index (χ4n) is 2.21. The molecule has 1 aromatic carbocycles. The molecule has 0 spiro atoms. The summed E-state index contributed by atoms with van der Waals surface area (Å²) in [5.74, 6) is 0.230. The van der Waals surface area contributed by atoms with Gasteiger partial charge in [0.2, 0.25) is 11.1 Å². The molecule has 0 fully saturated rings. The lowest BCUT2D eigenvalue weighted by Crippen LogP contribution is -2.41. The van der Waals surface area contributed by atoms with Crippen LogP contribution in [0.2, 0.25) is 0 Å². The summed E-state index contributed by atoms with van der Waals surface area (Å²) < 4.78 is 0. The Kier molecular flexibility index (Phi) is 6.03. The maximum Gasteiger partial charge on any atom is 0.321 e. The number of amides is 3. The standard InChI is InChI=1S/C17H17N5O2S2/c1-2-18-16(24)20-15(23)13(11-7-4-3-5-8-11)26-17-19-14(21-22-17)12-9-6-10-25-12/h3-10,13H,2H2,1H3,(H,19,21,22)(H2,18,20,23,24)/t13-/m0/s1. The van der Waals surface area contributed by atoms with Crippen molar-refractivity contribution in [3.63, 3.8) is 0 Å². The molecule has 3 N–H and O–H groups in total. The molecule has 134 valence electrons. The SMILES string of the molecule is CCNC(=O)NC(=O)[C@@H](Sc1n[nH]c(-c2cccs2)n1)c1ccccc1. The molecule has 0 unspecified atom stereocenters. The monoisotopic (exact) mass is 387 g/mol. The van der Waals surface area contributed by atoms with Crippen LogP contribution in [0.3, 0.4) is 0 Å². The summed E-state index contributed by atoms with van der Waals surface area (Å²) in [7, 11) is 0. The Morgan fingerprint density at radius 2 is 2.04 bits per heavy atom. The van der Waals surface area contributed by atoms with Crippen molar-refractivity contribution in [1.29, 1.82) is 0 Å². The van der Waals surface area contributed by atoms with Crippen molar-refractivity contribution in [2.75, 3.05) is 6.54 Å². The van der Waals surface area contributed by atoms with Crippen LogP contribution in [0, 0.1) is 0 Å². The minimum absolute atomic E-state index is 0.422. The number of carbonyl (C=O) groups excluding carboxylic acids is 2. The van der Waals surface area contributed by atoms with Gasteiger partial charge in [-0.1, -0.05) is 48.2 Å². The third-order valence-electron chi connectivity index (χ3n) is 3.36. The Hall–Kier alpha value is -2.65. The van der Waals surface area contributed by atoms with E-state index >= 15 is 0 Å². The van der Waals surface area contributed by atoms with Gasteiger partial charge >= 0.3 is 6.03 Å². The number of benzene rings is 1. The molecule has 0 saturated heterocycles. The summed E-state index contributed by atoms with van der Waals surface area (Å²) in [6.45, 7) is 2.22. The molecule has 0 aliphatic heterocycles. The average Bonchev–Trinajstić information content (AvgIpc) is 3.32. The third kappa shape index (κ3) is 4.50. The van der Waals surface area contributed by atoms with Crippen LogP contribution in [0.25, 0.3) is 10.7 Å². The summed E-state index contributed by atoms with van der Waals surface area (Å²) in [6, 6.07) is 12.6. The van der Waals surface area contributed by atoms with Gasteiger partial charge in [-0.15, -0.1) is 16.4 Å². The molecule has 0 aliphatic carbocycles. The summed E-state index contributed by atoms with van der Waals surface area (Å²) >= 11 is 2.74. The lowest BCUT2D eigenvalue weighted by atomic mass is 10.1. The molecule has 9 heteroatoms. The molecule has 3 amide bonds. The Morgan fingerprint density at radius 3 is 2.73 bits per heavy atom. The zero-order chi connectivity index (χ0) is 18.4. The highest BCUT2D eigenvalue weighted by Gasteiger charge is 2.25. The van der Waals surface area contributed by atoms with Crippen molar-refractivity contribution in [1.82, 2.24) is 25.8 Å². The Labute approximate surface area is 158 Å². The number of thioether (sulfide) groups is 1. The van der Waals surface area contributed by atoms with Gasteiger partial charge in [-0.05, 0) is 23.9 Å². The van der Waals surface area contributed by atoms with Gasteiger partial charge in [-0.2, -0.15) is 0 Å². The van der Waals surface area contributed by atoms with Gasteiger partial charge in [0, 0.05) is 6.54 Å². The highest BCUT2D eigenvalue weighted by Crippen LogP contribution is 2.34. The van der Waals surface area contributed by atoms with E-state index in [0.29, 0.717) is 17.5 Å². The van der Waals surface area contributed by atoms with Gasteiger partial charge in [0.1, 0.15) is 5.25 Å². The van der Waals surface area contributed by atoms with Crippen molar-refractivity contribution < 1.29 is 9.59 Å². The zero-order valence-electron chi connectivity index (χ0n) is 13.9. The fourth-order valence-corrected chi connectivity index (χ4v) is 3.79. The first-order valence-electron chi connectivity index (χ1n) is 7.94. The second kappa shape index (κ2) is 8.63. The van der Waals surface area contributed by atoms with Crippen molar-refractivity contribution >= 4 is 35.0 Å². The van der Waals surface area contributed by atoms with Crippen LogP contribution in [-0.2, 0) is 4.79 Å². The van der Waals surface area contributed by atoms with Crippen LogP contribution in [0.4, 0.5) is 4.79 Å². The number of nitrogens with one attached hydrogen (secondary N) is 3. The third-order valence-corrected chi connectivity index (χ3v) is 5.35. The molecule has 3 rings (SSSR count). The smallest absolute Gasteiger partial charge is 0.321 e. The van der Waals surface area contributed by atoms with Gasteiger partial charge in [-0.3, -0.25) is 15.2 Å². The number of urea groups is 1. The number of hydrogen-bond donors (Lipinski definition) is 3. The van der Waals surface area contributed by atoms with Crippen molar-refractivity contribution in [2.45, 2.75) is 17.3 Å². The molecule has 26 heavy (non-hydrogen) atoms. The molecule has 2 aromatic heterocycles. The van der Waals surface area contributed by atoms with E-state index in [1.807, 2.05) is 47.8 Å². The predicted molar refractivity (Wildman–Crippen MR) is 102 cm³/mol. The number of H-pyrrole nitrogens is 1. The molecular weight excluding hydrogens is 370 g/mol. The van der Waals surface area contributed by atoms with E-state index in [0.717, 1.165) is 10.4 Å². The first-order valence-corrected chi connectivity index (χ1v) is 9.70. The number of carbonyl (C=O) groups is 2. The van der Waals surface area contributed by atoms with Crippen molar-refractivity contribution in [3.8, 4) is 10.7 Å². The molecule has 0 radical (unpaired) electrons. The largest absolute Gasteiger partial charge is 0.338 e. The highest BCUT2D eigenvalue weighted by atomic mass is 32.2. The van der Waals surface area contributed by atoms with Crippen LogP contribution < -0.4 is 10.6 Å². The topological polar surface area (TPSA) is 99.8 Å². The normalized spacial score (nSPS) is 11.7. The number of aromatic nitrogens is 3. The van der Waals surface area contributed by atoms with Gasteiger partial charge < -0.3 is 5.32 Å².